The summed E-state index contributed by atoms with van der Waals surface area (Å²) in [6.45, 7) is 6.05. The molecule has 4 heteroatoms. The molecular weight excluding hydrogens is 262 g/mol. The predicted molar refractivity (Wildman–Crippen MR) is 79.3 cm³/mol. The molecule has 0 atom stereocenters. The van der Waals surface area contributed by atoms with Crippen molar-refractivity contribution in [1.82, 2.24) is 5.32 Å². The lowest BCUT2D eigenvalue weighted by Crippen LogP contribution is -2.32. The fraction of sp³-hybridized carbons (Fsp3) is 0.400. The van der Waals surface area contributed by atoms with Crippen molar-refractivity contribution in [3.63, 3.8) is 0 Å². The van der Waals surface area contributed by atoms with E-state index in [1.807, 2.05) is 57.2 Å². The van der Waals surface area contributed by atoms with E-state index in [1.54, 1.807) is 0 Å². The van der Waals surface area contributed by atoms with E-state index in [2.05, 4.69) is 5.32 Å². The first-order chi connectivity index (χ1) is 8.88. The molecule has 0 bridgehead atoms. The van der Waals surface area contributed by atoms with Crippen LogP contribution in [-0.2, 0) is 4.74 Å². The Morgan fingerprint density at radius 2 is 2.05 bits per heavy atom. The first-order valence-corrected chi connectivity index (χ1v) is 6.64. The molecule has 0 saturated heterocycles. The van der Waals surface area contributed by atoms with Gasteiger partial charge in [0.2, 0.25) is 0 Å². The van der Waals surface area contributed by atoms with Gasteiger partial charge in [-0.05, 0) is 38.8 Å². The van der Waals surface area contributed by atoms with E-state index in [9.17, 15) is 4.79 Å². The molecule has 104 valence electrons. The van der Waals surface area contributed by atoms with Gasteiger partial charge >= 0.3 is 6.09 Å². The molecular formula is C15H20ClNO2. The number of benzene rings is 1. The number of alkyl carbamates (subject to hydrolysis) is 1. The van der Waals surface area contributed by atoms with Crippen molar-refractivity contribution in [3.05, 3.63) is 40.9 Å². The molecule has 0 heterocycles. The molecule has 3 nitrogen and oxygen atoms in total. The summed E-state index contributed by atoms with van der Waals surface area (Å²) >= 11 is 6.02. The number of rotatable bonds is 4. The fourth-order valence-corrected chi connectivity index (χ4v) is 1.59. The number of carbonyl (C=O) groups is 1. The van der Waals surface area contributed by atoms with E-state index in [-0.39, 0.29) is 0 Å². The highest BCUT2D eigenvalue weighted by Gasteiger charge is 2.15. The quantitative estimate of drug-likeness (QED) is 0.837. The smallest absolute Gasteiger partial charge is 0.407 e. The maximum Gasteiger partial charge on any atom is 0.407 e. The molecule has 0 aliphatic carbocycles. The van der Waals surface area contributed by atoms with E-state index in [0.717, 1.165) is 17.0 Å². The van der Waals surface area contributed by atoms with E-state index in [0.29, 0.717) is 6.54 Å². The minimum absolute atomic E-state index is 0.390. The third-order valence-electron chi connectivity index (χ3n) is 2.18. The minimum Gasteiger partial charge on any atom is -0.444 e. The first kappa shape index (κ1) is 15.6. The number of ether oxygens (including phenoxy) is 1. The lowest BCUT2D eigenvalue weighted by atomic mass is 10.2. The summed E-state index contributed by atoms with van der Waals surface area (Å²) in [4.78, 5) is 11.4. The van der Waals surface area contributed by atoms with Crippen LogP contribution in [0.3, 0.4) is 0 Å². The number of nitrogens with one attached hydrogen (secondary N) is 1. The van der Waals surface area contributed by atoms with Crippen molar-refractivity contribution in [2.24, 2.45) is 0 Å². The fourth-order valence-electron chi connectivity index (χ4n) is 1.39. The summed E-state index contributed by atoms with van der Waals surface area (Å²) in [5, 5.41) is 3.42. The Bertz CT molecular complexity index is 450. The number of hydrogen-bond donors (Lipinski definition) is 1. The highest BCUT2D eigenvalue weighted by Crippen LogP contribution is 2.16. The lowest BCUT2D eigenvalue weighted by Gasteiger charge is -2.19. The Kier molecular flexibility index (Phi) is 5.90. The van der Waals surface area contributed by atoms with Crippen LogP contribution in [0.5, 0.6) is 0 Å². The highest BCUT2D eigenvalue weighted by molar-refractivity contribution is 6.32. The molecule has 0 unspecified atom stereocenters. The molecule has 0 fully saturated rings. The molecule has 1 aromatic carbocycles. The normalized spacial score (nSPS) is 11.6. The van der Waals surface area contributed by atoms with Crippen molar-refractivity contribution in [1.29, 1.82) is 0 Å². The Morgan fingerprint density at radius 3 is 2.68 bits per heavy atom. The number of halogens is 1. The van der Waals surface area contributed by atoms with Crippen molar-refractivity contribution in [3.8, 4) is 0 Å². The third kappa shape index (κ3) is 6.87. The molecule has 1 amide bonds. The summed E-state index contributed by atoms with van der Waals surface area (Å²) in [5.74, 6) is 0. The van der Waals surface area contributed by atoms with E-state index in [4.69, 9.17) is 16.3 Å². The number of amides is 1. The average Bonchev–Trinajstić information content (AvgIpc) is 2.28. The van der Waals surface area contributed by atoms with E-state index in [1.165, 1.54) is 0 Å². The Hall–Kier alpha value is -1.48. The molecule has 19 heavy (non-hydrogen) atoms. The van der Waals surface area contributed by atoms with Crippen LogP contribution in [0.4, 0.5) is 4.79 Å². The van der Waals surface area contributed by atoms with Crippen molar-refractivity contribution >= 4 is 23.8 Å². The van der Waals surface area contributed by atoms with Crippen LogP contribution >= 0.6 is 11.6 Å². The topological polar surface area (TPSA) is 38.3 Å². The maximum absolute atomic E-state index is 11.4. The SMILES string of the molecule is CC(C)(C)OC(=O)NCCC=Cc1ccccc1Cl. The van der Waals surface area contributed by atoms with Gasteiger partial charge in [-0.15, -0.1) is 0 Å². The van der Waals surface area contributed by atoms with Crippen LogP contribution in [0, 0.1) is 0 Å². The van der Waals surface area contributed by atoms with Crippen LogP contribution in [0.15, 0.2) is 30.3 Å². The van der Waals surface area contributed by atoms with Crippen LogP contribution in [-0.4, -0.2) is 18.2 Å². The summed E-state index contributed by atoms with van der Waals surface area (Å²) < 4.78 is 5.13. The van der Waals surface area contributed by atoms with Gasteiger partial charge in [-0.3, -0.25) is 0 Å². The largest absolute Gasteiger partial charge is 0.444 e. The first-order valence-electron chi connectivity index (χ1n) is 6.26. The van der Waals surface area contributed by atoms with Crippen LogP contribution < -0.4 is 5.32 Å². The molecule has 0 spiro atoms. The van der Waals surface area contributed by atoms with Gasteiger partial charge < -0.3 is 10.1 Å². The standard InChI is InChI=1S/C15H20ClNO2/c1-15(2,3)19-14(18)17-11-7-6-9-12-8-4-5-10-13(12)16/h4-6,8-10H,7,11H2,1-3H3,(H,17,18). The Labute approximate surface area is 119 Å². The molecule has 1 N–H and O–H groups in total. The number of hydrogen-bond acceptors (Lipinski definition) is 2. The van der Waals surface area contributed by atoms with Crippen LogP contribution in [0.2, 0.25) is 5.02 Å². The molecule has 0 radical (unpaired) electrons. The highest BCUT2D eigenvalue weighted by atomic mass is 35.5. The van der Waals surface area contributed by atoms with Crippen molar-refractivity contribution < 1.29 is 9.53 Å². The Balaban J connectivity index is 2.28. The maximum atomic E-state index is 11.4. The van der Waals surface area contributed by atoms with Gasteiger partial charge in [0.05, 0.1) is 0 Å². The average molecular weight is 282 g/mol. The van der Waals surface area contributed by atoms with Gasteiger partial charge in [-0.2, -0.15) is 0 Å². The second-order valence-electron chi connectivity index (χ2n) is 5.14. The summed E-state index contributed by atoms with van der Waals surface area (Å²) in [6, 6.07) is 7.62. The zero-order valence-electron chi connectivity index (χ0n) is 11.6. The second-order valence-corrected chi connectivity index (χ2v) is 5.55. The summed E-state index contributed by atoms with van der Waals surface area (Å²) in [7, 11) is 0. The van der Waals surface area contributed by atoms with E-state index < -0.39 is 11.7 Å². The number of carbonyl (C=O) groups excluding carboxylic acids is 1. The lowest BCUT2D eigenvalue weighted by molar-refractivity contribution is 0.0529. The molecule has 1 aromatic rings. The third-order valence-corrected chi connectivity index (χ3v) is 2.53. The van der Waals surface area contributed by atoms with Gasteiger partial charge in [0.1, 0.15) is 5.60 Å². The van der Waals surface area contributed by atoms with Gasteiger partial charge in [0.15, 0.2) is 0 Å². The van der Waals surface area contributed by atoms with Gasteiger partial charge in [0, 0.05) is 11.6 Å². The van der Waals surface area contributed by atoms with Crippen LogP contribution in [0.1, 0.15) is 32.8 Å². The monoisotopic (exact) mass is 281 g/mol. The molecule has 0 saturated carbocycles. The van der Waals surface area contributed by atoms with Crippen LogP contribution in [0.25, 0.3) is 6.08 Å². The zero-order valence-corrected chi connectivity index (χ0v) is 12.3. The minimum atomic E-state index is -0.461. The van der Waals surface area contributed by atoms with Crippen molar-refractivity contribution in [2.75, 3.05) is 6.54 Å². The molecule has 0 aliphatic heterocycles. The van der Waals surface area contributed by atoms with Gasteiger partial charge in [-0.25, -0.2) is 4.79 Å². The van der Waals surface area contributed by atoms with Gasteiger partial charge in [-0.1, -0.05) is 42.0 Å². The van der Waals surface area contributed by atoms with Gasteiger partial charge in [0.25, 0.3) is 0 Å². The predicted octanol–water partition coefficient (Wildman–Crippen LogP) is 4.27. The molecule has 0 aliphatic rings. The van der Waals surface area contributed by atoms with Crippen molar-refractivity contribution in [2.45, 2.75) is 32.8 Å². The zero-order chi connectivity index (χ0) is 14.3. The summed E-state index contributed by atoms with van der Waals surface area (Å²) in [6.07, 6.45) is 4.25. The molecule has 1 rings (SSSR count). The summed E-state index contributed by atoms with van der Waals surface area (Å²) in [5.41, 5.74) is 0.513. The molecule has 0 aromatic heterocycles. The van der Waals surface area contributed by atoms with E-state index >= 15 is 0 Å². The Morgan fingerprint density at radius 1 is 1.37 bits per heavy atom. The second kappa shape index (κ2) is 7.19.